The van der Waals surface area contributed by atoms with E-state index in [9.17, 15) is 4.79 Å². The molecule has 0 radical (unpaired) electrons. The van der Waals surface area contributed by atoms with E-state index >= 15 is 0 Å². The molecule has 0 atom stereocenters. The molecule has 1 aromatic heterocycles. The van der Waals surface area contributed by atoms with Crippen LogP contribution in [0.25, 0.3) is 0 Å². The monoisotopic (exact) mass is 264 g/mol. The molecule has 96 valence electrons. The van der Waals surface area contributed by atoms with Gasteiger partial charge in [-0.2, -0.15) is 0 Å². The molecule has 0 spiro atoms. The molecule has 4 rings (SSSR count). The summed E-state index contributed by atoms with van der Waals surface area (Å²) in [6.45, 7) is 1.61. The number of carbonyl (C=O) groups excluding carboxylic acids is 1. The maximum Gasteiger partial charge on any atom is 0.226 e. The summed E-state index contributed by atoms with van der Waals surface area (Å²) in [6.07, 6.45) is 4.84. The zero-order chi connectivity index (χ0) is 12.1. The maximum absolute atomic E-state index is 11.8. The number of nitrogens with one attached hydrogen (secondary N) is 1. The van der Waals surface area contributed by atoms with Crippen LogP contribution in [-0.2, 0) is 4.79 Å². The van der Waals surface area contributed by atoms with Crippen molar-refractivity contribution in [3.05, 3.63) is 5.01 Å². The van der Waals surface area contributed by atoms with Crippen molar-refractivity contribution < 1.29 is 4.79 Å². The highest BCUT2D eigenvalue weighted by molar-refractivity contribution is 7.15. The molecule has 3 fully saturated rings. The lowest BCUT2D eigenvalue weighted by Gasteiger charge is -2.37. The van der Waals surface area contributed by atoms with Gasteiger partial charge in [-0.25, -0.2) is 0 Å². The zero-order valence-corrected chi connectivity index (χ0v) is 10.9. The molecule has 1 saturated heterocycles. The first kappa shape index (κ1) is 10.7. The lowest BCUT2D eigenvalue weighted by Crippen LogP contribution is -2.54. The number of anilines is 1. The minimum atomic E-state index is 0.152. The lowest BCUT2D eigenvalue weighted by molar-refractivity contribution is -0.125. The SMILES string of the molecule is O=C(NC1CC1)C1CN(c2nnc(C3CC3)s2)C1. The summed E-state index contributed by atoms with van der Waals surface area (Å²) in [5.74, 6) is 1.05. The Kier molecular flexibility index (Phi) is 2.33. The van der Waals surface area contributed by atoms with Crippen LogP contribution in [0.1, 0.15) is 36.6 Å². The molecule has 1 aromatic rings. The average Bonchev–Trinajstić information content (AvgIpc) is 3.19. The van der Waals surface area contributed by atoms with Crippen LogP contribution >= 0.6 is 11.3 Å². The Morgan fingerprint density at radius 1 is 1.22 bits per heavy atom. The van der Waals surface area contributed by atoms with Gasteiger partial charge in [0.15, 0.2) is 0 Å². The smallest absolute Gasteiger partial charge is 0.226 e. The normalized spacial score (nSPS) is 23.9. The summed E-state index contributed by atoms with van der Waals surface area (Å²) in [4.78, 5) is 14.0. The Hall–Kier alpha value is -1.17. The number of amides is 1. The highest BCUT2D eigenvalue weighted by Gasteiger charge is 2.37. The van der Waals surface area contributed by atoms with E-state index in [2.05, 4.69) is 20.4 Å². The number of carbonyl (C=O) groups is 1. The Bertz CT molecular complexity index is 474. The predicted molar refractivity (Wildman–Crippen MR) is 68.8 cm³/mol. The predicted octanol–water partition coefficient (Wildman–Crippen LogP) is 1.13. The first-order chi connectivity index (χ1) is 8.79. The van der Waals surface area contributed by atoms with Gasteiger partial charge in [-0.05, 0) is 25.7 Å². The number of rotatable bonds is 4. The van der Waals surface area contributed by atoms with E-state index in [0.29, 0.717) is 12.0 Å². The van der Waals surface area contributed by atoms with E-state index < -0.39 is 0 Å². The van der Waals surface area contributed by atoms with Crippen molar-refractivity contribution in [1.29, 1.82) is 0 Å². The van der Waals surface area contributed by atoms with E-state index in [-0.39, 0.29) is 11.8 Å². The number of nitrogens with zero attached hydrogens (tertiary/aromatic N) is 3. The average molecular weight is 264 g/mol. The summed E-state index contributed by atoms with van der Waals surface area (Å²) in [7, 11) is 0. The molecule has 5 nitrogen and oxygen atoms in total. The fraction of sp³-hybridized carbons (Fsp3) is 0.750. The van der Waals surface area contributed by atoms with E-state index in [1.807, 2.05) is 0 Å². The molecule has 1 amide bonds. The Labute approximate surface area is 110 Å². The molecule has 0 aromatic carbocycles. The summed E-state index contributed by atoms with van der Waals surface area (Å²) >= 11 is 1.70. The van der Waals surface area contributed by atoms with Gasteiger partial charge in [-0.1, -0.05) is 11.3 Å². The molecule has 3 aliphatic rings. The van der Waals surface area contributed by atoms with E-state index in [0.717, 1.165) is 31.1 Å². The van der Waals surface area contributed by atoms with Crippen LogP contribution in [-0.4, -0.2) is 35.2 Å². The van der Waals surface area contributed by atoms with Crippen molar-refractivity contribution in [2.75, 3.05) is 18.0 Å². The van der Waals surface area contributed by atoms with Gasteiger partial charge >= 0.3 is 0 Å². The third kappa shape index (κ3) is 1.98. The summed E-state index contributed by atoms with van der Waals surface area (Å²) < 4.78 is 0. The van der Waals surface area contributed by atoms with Crippen molar-refractivity contribution in [2.45, 2.75) is 37.6 Å². The fourth-order valence-corrected chi connectivity index (χ4v) is 3.23. The first-order valence-corrected chi connectivity index (χ1v) is 7.50. The largest absolute Gasteiger partial charge is 0.353 e. The van der Waals surface area contributed by atoms with E-state index in [4.69, 9.17) is 0 Å². The van der Waals surface area contributed by atoms with Crippen LogP contribution in [0.2, 0.25) is 0 Å². The standard InChI is InChI=1S/C12H16N4OS/c17-10(13-9-3-4-9)8-5-16(6-8)12-15-14-11(18-12)7-1-2-7/h7-9H,1-6H2,(H,13,17). The molecular weight excluding hydrogens is 248 g/mol. The summed E-state index contributed by atoms with van der Waals surface area (Å²) in [6, 6.07) is 0.467. The number of aromatic nitrogens is 2. The molecule has 2 saturated carbocycles. The maximum atomic E-state index is 11.8. The number of hydrogen-bond donors (Lipinski definition) is 1. The van der Waals surface area contributed by atoms with Gasteiger partial charge in [-0.3, -0.25) is 4.79 Å². The summed E-state index contributed by atoms with van der Waals surface area (Å²) in [5.41, 5.74) is 0. The van der Waals surface area contributed by atoms with Crippen LogP contribution in [0.3, 0.4) is 0 Å². The topological polar surface area (TPSA) is 58.1 Å². The van der Waals surface area contributed by atoms with Crippen LogP contribution < -0.4 is 10.2 Å². The van der Waals surface area contributed by atoms with Crippen molar-refractivity contribution in [1.82, 2.24) is 15.5 Å². The second-order valence-corrected chi connectivity index (χ2v) is 6.57. The van der Waals surface area contributed by atoms with Gasteiger partial charge in [0.25, 0.3) is 0 Å². The molecule has 18 heavy (non-hydrogen) atoms. The molecule has 2 aliphatic carbocycles. The van der Waals surface area contributed by atoms with E-state index in [1.165, 1.54) is 17.8 Å². The van der Waals surface area contributed by atoms with Crippen LogP contribution in [0.4, 0.5) is 5.13 Å². The Morgan fingerprint density at radius 3 is 2.67 bits per heavy atom. The molecule has 0 unspecified atom stereocenters. The minimum absolute atomic E-state index is 0.152. The second kappa shape index (κ2) is 3.91. The van der Waals surface area contributed by atoms with Crippen LogP contribution in [0.5, 0.6) is 0 Å². The third-order valence-corrected chi connectivity index (χ3v) is 4.95. The highest BCUT2D eigenvalue weighted by atomic mass is 32.1. The van der Waals surface area contributed by atoms with Crippen LogP contribution in [0.15, 0.2) is 0 Å². The zero-order valence-electron chi connectivity index (χ0n) is 10.1. The van der Waals surface area contributed by atoms with Crippen molar-refractivity contribution in [3.63, 3.8) is 0 Å². The number of hydrogen-bond acceptors (Lipinski definition) is 5. The molecule has 2 heterocycles. The quantitative estimate of drug-likeness (QED) is 0.885. The summed E-state index contributed by atoms with van der Waals surface area (Å²) in [5, 5.41) is 13.7. The minimum Gasteiger partial charge on any atom is -0.353 e. The Balaban J connectivity index is 1.32. The van der Waals surface area contributed by atoms with Gasteiger partial charge in [0.2, 0.25) is 11.0 Å². The van der Waals surface area contributed by atoms with Gasteiger partial charge in [0.1, 0.15) is 5.01 Å². The third-order valence-electron chi connectivity index (χ3n) is 3.80. The molecule has 0 bridgehead atoms. The van der Waals surface area contributed by atoms with E-state index in [1.54, 1.807) is 11.3 Å². The van der Waals surface area contributed by atoms with Crippen LogP contribution in [0, 0.1) is 5.92 Å². The molecular formula is C12H16N4OS. The fourth-order valence-electron chi connectivity index (χ4n) is 2.20. The second-order valence-electron chi connectivity index (χ2n) is 5.58. The Morgan fingerprint density at radius 2 is 2.00 bits per heavy atom. The van der Waals surface area contributed by atoms with Crippen molar-refractivity contribution >= 4 is 22.4 Å². The van der Waals surface area contributed by atoms with Gasteiger partial charge < -0.3 is 10.2 Å². The molecule has 1 N–H and O–H groups in total. The van der Waals surface area contributed by atoms with Crippen molar-refractivity contribution in [2.24, 2.45) is 5.92 Å². The lowest BCUT2D eigenvalue weighted by atomic mass is 10.0. The highest BCUT2D eigenvalue weighted by Crippen LogP contribution is 2.43. The van der Waals surface area contributed by atoms with Gasteiger partial charge in [-0.15, -0.1) is 10.2 Å². The molecule has 6 heteroatoms. The van der Waals surface area contributed by atoms with Gasteiger partial charge in [0, 0.05) is 25.0 Å². The van der Waals surface area contributed by atoms with Crippen molar-refractivity contribution in [3.8, 4) is 0 Å². The van der Waals surface area contributed by atoms with Gasteiger partial charge in [0.05, 0.1) is 5.92 Å². The molecule has 1 aliphatic heterocycles. The first-order valence-electron chi connectivity index (χ1n) is 6.68.